The van der Waals surface area contributed by atoms with Crippen molar-refractivity contribution < 1.29 is 17.9 Å². The van der Waals surface area contributed by atoms with E-state index in [1.807, 2.05) is 24.3 Å². The summed E-state index contributed by atoms with van der Waals surface area (Å²) in [6.07, 6.45) is 4.89. The molecule has 154 valence electrons. The summed E-state index contributed by atoms with van der Waals surface area (Å²) < 4.78 is 31.8. The van der Waals surface area contributed by atoms with E-state index >= 15 is 0 Å². The van der Waals surface area contributed by atoms with Crippen molar-refractivity contribution in [1.29, 1.82) is 0 Å². The van der Waals surface area contributed by atoms with Crippen LogP contribution in [0.25, 0.3) is 6.08 Å². The maximum absolute atomic E-state index is 12.6. The molecule has 0 aliphatic carbocycles. The molecule has 7 nitrogen and oxygen atoms in total. The zero-order valence-corrected chi connectivity index (χ0v) is 17.5. The number of hydrazone groups is 1. The molecular formula is C21H25N3O4S. The first kappa shape index (κ1) is 22.3. The van der Waals surface area contributed by atoms with E-state index in [1.165, 1.54) is 34.8 Å². The van der Waals surface area contributed by atoms with Crippen molar-refractivity contribution in [2.45, 2.75) is 18.7 Å². The smallest absolute Gasteiger partial charge is 0.271 e. The number of benzene rings is 2. The average Bonchev–Trinajstić information content (AvgIpc) is 2.74. The molecule has 1 N–H and O–H groups in total. The molecule has 2 rings (SSSR count). The molecule has 0 unspecified atom stereocenters. The van der Waals surface area contributed by atoms with Crippen LogP contribution in [0, 0.1) is 0 Å². The van der Waals surface area contributed by atoms with Crippen molar-refractivity contribution in [3.05, 3.63) is 65.7 Å². The van der Waals surface area contributed by atoms with Gasteiger partial charge < -0.3 is 4.74 Å². The fourth-order valence-corrected chi connectivity index (χ4v) is 4.17. The van der Waals surface area contributed by atoms with E-state index in [-0.39, 0.29) is 10.5 Å². The molecule has 2 aromatic carbocycles. The highest BCUT2D eigenvalue weighted by Gasteiger charge is 2.22. The first-order valence-corrected chi connectivity index (χ1v) is 10.6. The zero-order chi connectivity index (χ0) is 21.3. The third kappa shape index (κ3) is 5.75. The number of nitrogens with zero attached hydrogens (tertiary/aromatic N) is 2. The van der Waals surface area contributed by atoms with Gasteiger partial charge in [0.05, 0.1) is 12.0 Å². The summed E-state index contributed by atoms with van der Waals surface area (Å²) in [5.41, 5.74) is 3.48. The number of carbonyl (C=O) groups excluding carboxylic acids is 1. The largest absolute Gasteiger partial charge is 0.496 e. The monoisotopic (exact) mass is 415 g/mol. The summed E-state index contributed by atoms with van der Waals surface area (Å²) in [4.78, 5) is 12.4. The number of rotatable bonds is 9. The normalized spacial score (nSPS) is 12.0. The molecular weight excluding hydrogens is 390 g/mol. The zero-order valence-electron chi connectivity index (χ0n) is 16.7. The molecule has 0 aromatic heterocycles. The Hall–Kier alpha value is -2.97. The number of sulfonamides is 1. The summed E-state index contributed by atoms with van der Waals surface area (Å²) in [6, 6.07) is 13.4. The highest BCUT2D eigenvalue weighted by Crippen LogP contribution is 2.18. The number of carbonyl (C=O) groups is 1. The predicted octanol–water partition coefficient (Wildman–Crippen LogP) is 3.15. The fourth-order valence-electron chi connectivity index (χ4n) is 2.66. The van der Waals surface area contributed by atoms with E-state index in [9.17, 15) is 13.2 Å². The van der Waals surface area contributed by atoms with Crippen LogP contribution in [-0.4, -0.2) is 45.0 Å². The van der Waals surface area contributed by atoms with E-state index in [0.717, 1.165) is 11.3 Å². The Morgan fingerprint density at radius 2 is 1.86 bits per heavy atom. The van der Waals surface area contributed by atoms with E-state index in [4.69, 9.17) is 4.74 Å². The number of hydrogen-bond acceptors (Lipinski definition) is 5. The lowest BCUT2D eigenvalue weighted by atomic mass is 10.2. The van der Waals surface area contributed by atoms with E-state index in [0.29, 0.717) is 13.1 Å². The molecule has 0 saturated heterocycles. The van der Waals surface area contributed by atoms with Gasteiger partial charge in [0, 0.05) is 30.4 Å². The third-order valence-electron chi connectivity index (χ3n) is 4.18. The molecule has 0 radical (unpaired) electrons. The molecule has 0 spiro atoms. The Kier molecular flexibility index (Phi) is 8.11. The minimum Gasteiger partial charge on any atom is -0.496 e. The number of hydrogen-bond donors (Lipinski definition) is 1. The molecule has 0 atom stereocenters. The summed E-state index contributed by atoms with van der Waals surface area (Å²) in [6.45, 7) is 4.26. The summed E-state index contributed by atoms with van der Waals surface area (Å²) in [5.74, 6) is 0.232. The van der Waals surface area contributed by atoms with Gasteiger partial charge in [-0.2, -0.15) is 9.41 Å². The Balaban J connectivity index is 2.06. The van der Waals surface area contributed by atoms with Gasteiger partial charge in [-0.15, -0.1) is 0 Å². The maximum atomic E-state index is 12.6. The molecule has 0 saturated carbocycles. The first-order chi connectivity index (χ1) is 13.9. The van der Waals surface area contributed by atoms with Crippen molar-refractivity contribution in [1.82, 2.24) is 9.73 Å². The van der Waals surface area contributed by atoms with Crippen LogP contribution in [0.5, 0.6) is 5.75 Å². The minimum atomic E-state index is -3.63. The van der Waals surface area contributed by atoms with Crippen LogP contribution in [0.2, 0.25) is 0 Å². The van der Waals surface area contributed by atoms with Gasteiger partial charge in [0.25, 0.3) is 5.91 Å². The number of amides is 1. The standard InChI is InChI=1S/C21H25N3O4S/c1-4-24(5-2)29(26,27)19-13-8-11-18(16-19)21(25)23-22-15-9-12-17-10-6-7-14-20(17)28-3/h6-16H,4-5H2,1-3H3,(H,23,25)/b12-9+,22-15+. The van der Waals surface area contributed by atoms with Crippen LogP contribution < -0.4 is 10.2 Å². The first-order valence-electron chi connectivity index (χ1n) is 9.17. The van der Waals surface area contributed by atoms with E-state index in [1.54, 1.807) is 33.1 Å². The Labute approximate surface area is 171 Å². The number of nitrogens with one attached hydrogen (secondary N) is 1. The van der Waals surface area contributed by atoms with Gasteiger partial charge in [0.15, 0.2) is 0 Å². The van der Waals surface area contributed by atoms with Crippen molar-refractivity contribution in [2.24, 2.45) is 5.10 Å². The number of allylic oxidation sites excluding steroid dienone is 1. The van der Waals surface area contributed by atoms with Crippen LogP contribution >= 0.6 is 0 Å². The highest BCUT2D eigenvalue weighted by atomic mass is 32.2. The number of ether oxygens (including phenoxy) is 1. The topological polar surface area (TPSA) is 88.1 Å². The molecule has 1 amide bonds. The van der Waals surface area contributed by atoms with Gasteiger partial charge in [0.1, 0.15) is 5.75 Å². The molecule has 8 heteroatoms. The SMILES string of the molecule is CCN(CC)S(=O)(=O)c1cccc(C(=O)N/N=C/C=C/c2ccccc2OC)c1. The molecule has 0 bridgehead atoms. The molecule has 0 aliphatic heterocycles. The lowest BCUT2D eigenvalue weighted by molar-refractivity contribution is 0.0955. The van der Waals surface area contributed by atoms with Gasteiger partial charge in [-0.1, -0.05) is 38.1 Å². The number of para-hydroxylation sites is 1. The van der Waals surface area contributed by atoms with Crippen LogP contribution in [0.1, 0.15) is 29.8 Å². The van der Waals surface area contributed by atoms with Crippen molar-refractivity contribution in [3.63, 3.8) is 0 Å². The van der Waals surface area contributed by atoms with Gasteiger partial charge in [-0.05, 0) is 36.4 Å². The fraction of sp³-hybridized carbons (Fsp3) is 0.238. The molecule has 0 heterocycles. The summed E-state index contributed by atoms with van der Waals surface area (Å²) in [5, 5.41) is 3.87. The number of methoxy groups -OCH3 is 1. The van der Waals surface area contributed by atoms with Gasteiger partial charge in [0.2, 0.25) is 10.0 Å². The Morgan fingerprint density at radius 1 is 1.14 bits per heavy atom. The molecule has 0 aliphatic rings. The van der Waals surface area contributed by atoms with Gasteiger partial charge >= 0.3 is 0 Å². The third-order valence-corrected chi connectivity index (χ3v) is 6.23. The summed E-state index contributed by atoms with van der Waals surface area (Å²) in [7, 11) is -2.04. The van der Waals surface area contributed by atoms with Gasteiger partial charge in [-0.25, -0.2) is 13.8 Å². The van der Waals surface area contributed by atoms with Crippen molar-refractivity contribution >= 4 is 28.2 Å². The van der Waals surface area contributed by atoms with Crippen molar-refractivity contribution in [3.8, 4) is 5.75 Å². The Morgan fingerprint density at radius 3 is 2.55 bits per heavy atom. The lowest BCUT2D eigenvalue weighted by Gasteiger charge is -2.18. The molecule has 0 fully saturated rings. The van der Waals surface area contributed by atoms with Crippen LogP contribution in [0.4, 0.5) is 0 Å². The second-order valence-corrected chi connectivity index (χ2v) is 7.88. The maximum Gasteiger partial charge on any atom is 0.271 e. The predicted molar refractivity (Wildman–Crippen MR) is 115 cm³/mol. The molecule has 29 heavy (non-hydrogen) atoms. The van der Waals surface area contributed by atoms with Gasteiger partial charge in [-0.3, -0.25) is 4.79 Å². The Bertz CT molecular complexity index is 996. The second kappa shape index (κ2) is 10.5. The highest BCUT2D eigenvalue weighted by molar-refractivity contribution is 7.89. The van der Waals surface area contributed by atoms with Crippen LogP contribution in [0.3, 0.4) is 0 Å². The quantitative estimate of drug-likeness (QED) is 0.503. The minimum absolute atomic E-state index is 0.0777. The van der Waals surface area contributed by atoms with E-state index in [2.05, 4.69) is 10.5 Å². The molecule has 2 aromatic rings. The van der Waals surface area contributed by atoms with Crippen LogP contribution in [0.15, 0.2) is 64.6 Å². The summed E-state index contributed by atoms with van der Waals surface area (Å²) >= 11 is 0. The van der Waals surface area contributed by atoms with Crippen LogP contribution in [-0.2, 0) is 10.0 Å². The average molecular weight is 416 g/mol. The van der Waals surface area contributed by atoms with Crippen molar-refractivity contribution in [2.75, 3.05) is 20.2 Å². The second-order valence-electron chi connectivity index (χ2n) is 5.94. The lowest BCUT2D eigenvalue weighted by Crippen LogP contribution is -2.30. The van der Waals surface area contributed by atoms with E-state index < -0.39 is 15.9 Å².